The molecule has 0 aliphatic carbocycles. The molecule has 1 aromatic carbocycles. The maximum absolute atomic E-state index is 12.8. The predicted molar refractivity (Wildman–Crippen MR) is 69.4 cm³/mol. The first-order valence-electron chi connectivity index (χ1n) is 5.52. The lowest BCUT2D eigenvalue weighted by molar-refractivity contribution is -0.138. The van der Waals surface area contributed by atoms with Gasteiger partial charge in [0.15, 0.2) is 0 Å². The minimum absolute atomic E-state index is 0.218. The third-order valence-electron chi connectivity index (χ3n) is 2.43. The molecule has 2 nitrogen and oxygen atoms in total. The van der Waals surface area contributed by atoms with Crippen LogP contribution in [0, 0.1) is 0 Å². The van der Waals surface area contributed by atoms with Gasteiger partial charge in [0.25, 0.3) is 0 Å². The number of halogens is 4. The van der Waals surface area contributed by atoms with E-state index in [1.54, 1.807) is 6.07 Å². The summed E-state index contributed by atoms with van der Waals surface area (Å²) in [6.07, 6.45) is -4.32. The van der Waals surface area contributed by atoms with E-state index in [4.69, 9.17) is 0 Å². The van der Waals surface area contributed by atoms with E-state index < -0.39 is 11.7 Å². The van der Waals surface area contributed by atoms with Crippen molar-refractivity contribution in [3.63, 3.8) is 0 Å². The molecule has 0 amide bonds. The van der Waals surface area contributed by atoms with Crippen LogP contribution in [-0.4, -0.2) is 32.1 Å². The van der Waals surface area contributed by atoms with Crippen LogP contribution < -0.4 is 5.32 Å². The van der Waals surface area contributed by atoms with Gasteiger partial charge in [-0.2, -0.15) is 13.2 Å². The predicted octanol–water partition coefficient (Wildman–Crippen LogP) is 3.12. The zero-order valence-electron chi connectivity index (χ0n) is 10.3. The maximum Gasteiger partial charge on any atom is 0.416 e. The molecule has 0 fully saturated rings. The first kappa shape index (κ1) is 15.5. The second-order valence-electron chi connectivity index (χ2n) is 4.28. The van der Waals surface area contributed by atoms with Crippen molar-refractivity contribution in [3.05, 3.63) is 33.8 Å². The fourth-order valence-electron chi connectivity index (χ4n) is 1.49. The lowest BCUT2D eigenvalue weighted by atomic mass is 10.1. The summed E-state index contributed by atoms with van der Waals surface area (Å²) in [5, 5.41) is 3.01. The molecule has 0 aliphatic rings. The monoisotopic (exact) mass is 324 g/mol. The summed E-state index contributed by atoms with van der Waals surface area (Å²) in [5.41, 5.74) is -0.321. The third kappa shape index (κ3) is 4.96. The highest BCUT2D eigenvalue weighted by Crippen LogP contribution is 2.33. The van der Waals surface area contributed by atoms with E-state index in [0.717, 1.165) is 12.6 Å². The summed E-state index contributed by atoms with van der Waals surface area (Å²) in [4.78, 5) is 1.97. The number of rotatable bonds is 5. The largest absolute Gasteiger partial charge is 0.416 e. The molecule has 0 heterocycles. The van der Waals surface area contributed by atoms with Gasteiger partial charge in [0.05, 0.1) is 5.56 Å². The average Bonchev–Trinajstić information content (AvgIpc) is 2.24. The van der Waals surface area contributed by atoms with Crippen molar-refractivity contribution >= 4 is 15.9 Å². The van der Waals surface area contributed by atoms with Crippen LogP contribution in [0.1, 0.15) is 11.1 Å². The molecule has 1 aromatic rings. The van der Waals surface area contributed by atoms with Crippen LogP contribution in [0.2, 0.25) is 0 Å². The first-order chi connectivity index (χ1) is 8.30. The van der Waals surface area contributed by atoms with Gasteiger partial charge in [-0.05, 0) is 31.8 Å². The van der Waals surface area contributed by atoms with Gasteiger partial charge in [0.1, 0.15) is 0 Å². The normalized spacial score (nSPS) is 12.2. The number of hydrogen-bond donors (Lipinski definition) is 1. The molecule has 6 heteroatoms. The van der Waals surface area contributed by atoms with E-state index in [-0.39, 0.29) is 12.1 Å². The van der Waals surface area contributed by atoms with E-state index in [1.165, 1.54) is 6.07 Å². The lowest BCUT2D eigenvalue weighted by Crippen LogP contribution is -2.27. The van der Waals surface area contributed by atoms with E-state index in [1.807, 2.05) is 19.0 Å². The molecule has 0 spiro atoms. The van der Waals surface area contributed by atoms with Gasteiger partial charge in [0.2, 0.25) is 0 Å². The summed E-state index contributed by atoms with van der Waals surface area (Å²) >= 11 is 3.06. The third-order valence-corrected chi connectivity index (χ3v) is 2.92. The van der Waals surface area contributed by atoms with Crippen LogP contribution in [0.3, 0.4) is 0 Å². The molecular formula is C12H16BrF3N2. The van der Waals surface area contributed by atoms with Crippen LogP contribution >= 0.6 is 15.9 Å². The molecule has 0 atom stereocenters. The van der Waals surface area contributed by atoms with Crippen molar-refractivity contribution in [2.75, 3.05) is 27.2 Å². The second-order valence-corrected chi connectivity index (χ2v) is 5.19. The van der Waals surface area contributed by atoms with Crippen molar-refractivity contribution in [1.82, 2.24) is 10.2 Å². The molecule has 18 heavy (non-hydrogen) atoms. The van der Waals surface area contributed by atoms with Gasteiger partial charge < -0.3 is 10.2 Å². The first-order valence-corrected chi connectivity index (χ1v) is 6.31. The highest BCUT2D eigenvalue weighted by atomic mass is 79.9. The Morgan fingerprint density at radius 3 is 2.50 bits per heavy atom. The van der Waals surface area contributed by atoms with E-state index in [9.17, 15) is 13.2 Å². The van der Waals surface area contributed by atoms with Crippen molar-refractivity contribution in [3.8, 4) is 0 Å². The van der Waals surface area contributed by atoms with Crippen LogP contribution in [0.15, 0.2) is 22.7 Å². The zero-order valence-corrected chi connectivity index (χ0v) is 11.9. The van der Waals surface area contributed by atoms with Gasteiger partial charge in [-0.25, -0.2) is 0 Å². The molecule has 0 saturated carbocycles. The Bertz CT molecular complexity index is 391. The molecular weight excluding hydrogens is 309 g/mol. The maximum atomic E-state index is 12.8. The Hall–Kier alpha value is -0.590. The molecule has 102 valence electrons. The van der Waals surface area contributed by atoms with Crippen LogP contribution in [0.25, 0.3) is 0 Å². The molecule has 1 rings (SSSR count). The van der Waals surface area contributed by atoms with Crippen LogP contribution in [-0.2, 0) is 12.7 Å². The SMILES string of the molecule is CN(C)CCNCc1ccc(Br)cc1C(F)(F)F. The lowest BCUT2D eigenvalue weighted by Gasteiger charge is -2.15. The summed E-state index contributed by atoms with van der Waals surface area (Å²) in [7, 11) is 3.84. The zero-order chi connectivity index (χ0) is 13.8. The molecule has 1 N–H and O–H groups in total. The van der Waals surface area contributed by atoms with Gasteiger partial charge >= 0.3 is 6.18 Å². The van der Waals surface area contributed by atoms with E-state index >= 15 is 0 Å². The van der Waals surface area contributed by atoms with Crippen molar-refractivity contribution in [1.29, 1.82) is 0 Å². The highest BCUT2D eigenvalue weighted by molar-refractivity contribution is 9.10. The van der Waals surface area contributed by atoms with Gasteiger partial charge in [-0.3, -0.25) is 0 Å². The van der Waals surface area contributed by atoms with Gasteiger partial charge in [-0.15, -0.1) is 0 Å². The second kappa shape index (κ2) is 6.54. The molecule has 0 unspecified atom stereocenters. The number of likely N-dealkylation sites (N-methyl/N-ethyl adjacent to an activating group) is 1. The van der Waals surface area contributed by atoms with E-state index in [0.29, 0.717) is 11.0 Å². The summed E-state index contributed by atoms with van der Waals surface area (Å²) < 4.78 is 38.9. The quantitative estimate of drug-likeness (QED) is 0.837. The van der Waals surface area contributed by atoms with Gasteiger partial charge in [0, 0.05) is 24.1 Å². The van der Waals surface area contributed by atoms with Gasteiger partial charge in [-0.1, -0.05) is 22.0 Å². The number of benzene rings is 1. The van der Waals surface area contributed by atoms with Crippen molar-refractivity contribution in [2.24, 2.45) is 0 Å². The Morgan fingerprint density at radius 2 is 1.94 bits per heavy atom. The molecule has 0 bridgehead atoms. The fraction of sp³-hybridized carbons (Fsp3) is 0.500. The molecule has 0 saturated heterocycles. The topological polar surface area (TPSA) is 15.3 Å². The number of hydrogen-bond acceptors (Lipinski definition) is 2. The van der Waals surface area contributed by atoms with E-state index in [2.05, 4.69) is 21.2 Å². The number of nitrogens with one attached hydrogen (secondary N) is 1. The smallest absolute Gasteiger partial charge is 0.311 e. The van der Waals surface area contributed by atoms with Crippen LogP contribution in [0.5, 0.6) is 0 Å². The Kier molecular flexibility index (Phi) is 5.62. The Morgan fingerprint density at radius 1 is 1.28 bits per heavy atom. The summed E-state index contributed by atoms with van der Waals surface area (Å²) in [5.74, 6) is 0. The minimum atomic E-state index is -4.32. The highest BCUT2D eigenvalue weighted by Gasteiger charge is 2.33. The van der Waals surface area contributed by atoms with Crippen molar-refractivity contribution in [2.45, 2.75) is 12.7 Å². The van der Waals surface area contributed by atoms with Crippen LogP contribution in [0.4, 0.5) is 13.2 Å². The fourth-order valence-corrected chi connectivity index (χ4v) is 1.85. The Balaban J connectivity index is 2.70. The minimum Gasteiger partial charge on any atom is -0.311 e. The molecule has 0 aromatic heterocycles. The molecule has 0 aliphatic heterocycles. The number of alkyl halides is 3. The summed E-state index contributed by atoms with van der Waals surface area (Å²) in [6, 6.07) is 4.23. The average molecular weight is 325 g/mol. The Labute approximate surface area is 113 Å². The number of nitrogens with zero attached hydrogens (tertiary/aromatic N) is 1. The molecule has 0 radical (unpaired) electrons. The summed E-state index contributed by atoms with van der Waals surface area (Å²) in [6.45, 7) is 1.66. The standard InChI is InChI=1S/C12H16BrF3N2/c1-18(2)6-5-17-8-9-3-4-10(13)7-11(9)12(14,15)16/h3-4,7,17H,5-6,8H2,1-2H3. The van der Waals surface area contributed by atoms with Crippen molar-refractivity contribution < 1.29 is 13.2 Å².